The van der Waals surface area contributed by atoms with E-state index in [2.05, 4.69) is 27.7 Å². The second-order valence-corrected chi connectivity index (χ2v) is 41.1. The van der Waals surface area contributed by atoms with Crippen molar-refractivity contribution in [3.8, 4) is 0 Å². The molecule has 0 fully saturated rings. The summed E-state index contributed by atoms with van der Waals surface area (Å²) in [4.78, 5) is 55.1. The molecule has 8 heteroatoms. The van der Waals surface area contributed by atoms with Gasteiger partial charge < -0.3 is 18.9 Å². The van der Waals surface area contributed by atoms with Crippen LogP contribution in [0.1, 0.15) is 695 Å². The van der Waals surface area contributed by atoms with E-state index in [1.807, 2.05) is 0 Å². The Morgan fingerprint density at radius 2 is 0.248 bits per heavy atom. The summed E-state index contributed by atoms with van der Waals surface area (Å²) in [7, 11) is 0. The molecule has 0 aromatic carbocycles. The minimum Gasteiger partial charge on any atom is -0.466 e. The van der Waals surface area contributed by atoms with Gasteiger partial charge in [-0.25, -0.2) is 0 Å². The topological polar surface area (TPSA) is 105 Å². The Morgan fingerprint density at radius 3 is 0.376 bits per heavy atom. The highest BCUT2D eigenvalue weighted by atomic mass is 16.6. The van der Waals surface area contributed by atoms with Crippen LogP contribution in [0, 0.1) is 5.41 Å². The monoisotopic (exact) mass is 1760 g/mol. The highest BCUT2D eigenvalue weighted by Crippen LogP contribution is 2.30. The quantitative estimate of drug-likeness (QED) is 0.0337. The van der Waals surface area contributed by atoms with Gasteiger partial charge in [0.2, 0.25) is 0 Å². The molecule has 0 rings (SSSR count). The summed E-state index contributed by atoms with van der Waals surface area (Å²) in [6.45, 7) is 8.98. The van der Waals surface area contributed by atoms with Crippen molar-refractivity contribution < 1.29 is 38.1 Å². The molecule has 0 saturated carbocycles. The first-order chi connectivity index (χ1) is 61.8. The average molecular weight is 1760 g/mol. The van der Waals surface area contributed by atoms with Crippen LogP contribution in [0.5, 0.6) is 0 Å². The Hall–Kier alpha value is -2.12. The molecule has 0 unspecified atom stereocenters. The summed E-state index contributed by atoms with van der Waals surface area (Å²) in [5.74, 6) is -1.40. The molecule has 125 heavy (non-hydrogen) atoms. The van der Waals surface area contributed by atoms with Crippen LogP contribution >= 0.6 is 0 Å². The van der Waals surface area contributed by atoms with Crippen LogP contribution in [0.15, 0.2) is 0 Å². The first kappa shape index (κ1) is 123. The lowest BCUT2D eigenvalue weighted by atomic mass is 9.87. The molecule has 744 valence electrons. The lowest BCUT2D eigenvalue weighted by molar-refractivity contribution is -0.169. The highest BCUT2D eigenvalue weighted by molar-refractivity contribution is 5.73. The second-order valence-electron chi connectivity index (χ2n) is 41.1. The lowest BCUT2D eigenvalue weighted by Gasteiger charge is -2.31. The highest BCUT2D eigenvalue weighted by Gasteiger charge is 2.39. The summed E-state index contributed by atoms with van der Waals surface area (Å²) < 4.78 is 24.2. The number of rotatable bonds is 112. The predicted molar refractivity (Wildman–Crippen MR) is 549 cm³/mol. The van der Waals surface area contributed by atoms with Crippen molar-refractivity contribution in [3.05, 3.63) is 0 Å². The van der Waals surface area contributed by atoms with Crippen molar-refractivity contribution in [1.29, 1.82) is 0 Å². The lowest BCUT2D eigenvalue weighted by Crippen LogP contribution is -2.41. The van der Waals surface area contributed by atoms with Gasteiger partial charge >= 0.3 is 23.9 Å². The van der Waals surface area contributed by atoms with E-state index in [4.69, 9.17) is 18.9 Å². The summed E-state index contributed by atoms with van der Waals surface area (Å²) in [6.07, 6.45) is 134. The maximum atomic E-state index is 14.1. The zero-order chi connectivity index (χ0) is 90.0. The summed E-state index contributed by atoms with van der Waals surface area (Å²) in [6, 6.07) is 0. The fourth-order valence-electron chi connectivity index (χ4n) is 19.2. The molecule has 0 N–H and O–H groups in total. The minimum absolute atomic E-state index is 0.168. The Kier molecular flexibility index (Phi) is 107. The molecule has 0 aliphatic rings. The minimum atomic E-state index is -1.26. The molecule has 8 nitrogen and oxygen atoms in total. The van der Waals surface area contributed by atoms with E-state index in [1.54, 1.807) is 0 Å². The van der Waals surface area contributed by atoms with Gasteiger partial charge in [0.1, 0.15) is 19.8 Å². The van der Waals surface area contributed by atoms with Crippen molar-refractivity contribution >= 4 is 23.9 Å². The smallest absolute Gasteiger partial charge is 0.306 e. The van der Waals surface area contributed by atoms with Crippen molar-refractivity contribution in [2.24, 2.45) is 5.41 Å². The molecule has 0 aliphatic heterocycles. The van der Waals surface area contributed by atoms with E-state index in [0.717, 1.165) is 77.0 Å². The first-order valence-electron chi connectivity index (χ1n) is 58.4. The number of hydrogen-bond donors (Lipinski definition) is 0. The van der Waals surface area contributed by atoms with Crippen molar-refractivity contribution in [2.75, 3.05) is 26.4 Å². The number of carbonyl (C=O) groups excluding carboxylic acids is 4. The number of carbonyl (C=O) groups is 4. The van der Waals surface area contributed by atoms with Crippen LogP contribution in [-0.2, 0) is 38.1 Å². The van der Waals surface area contributed by atoms with Gasteiger partial charge in [-0.15, -0.1) is 0 Å². The molecular weight excluding hydrogens is 1530 g/mol. The van der Waals surface area contributed by atoms with Crippen LogP contribution in [0.2, 0.25) is 0 Å². The molecule has 0 spiro atoms. The molecule has 0 bridgehead atoms. The molecule has 0 aliphatic carbocycles. The van der Waals surface area contributed by atoms with Crippen LogP contribution in [-0.4, -0.2) is 50.3 Å². The second kappa shape index (κ2) is 109. The normalized spacial score (nSPS) is 11.7. The van der Waals surface area contributed by atoms with Gasteiger partial charge in [-0.2, -0.15) is 0 Å². The summed E-state index contributed by atoms with van der Waals surface area (Å²) in [5.41, 5.74) is -1.26. The van der Waals surface area contributed by atoms with Gasteiger partial charge in [-0.05, 0) is 25.7 Å². The Morgan fingerprint density at radius 1 is 0.136 bits per heavy atom. The van der Waals surface area contributed by atoms with Gasteiger partial charge in [0.05, 0.1) is 18.4 Å². The first-order valence-corrected chi connectivity index (χ1v) is 58.4. The third-order valence-corrected chi connectivity index (χ3v) is 28.1. The third kappa shape index (κ3) is 104. The zero-order valence-corrected chi connectivity index (χ0v) is 86.1. The van der Waals surface area contributed by atoms with Gasteiger partial charge in [0.15, 0.2) is 0 Å². The molecule has 0 atom stereocenters. The molecular formula is C117H228O8. The molecule has 0 amide bonds. The van der Waals surface area contributed by atoms with Crippen molar-refractivity contribution in [1.82, 2.24) is 0 Å². The maximum absolute atomic E-state index is 14.1. The Labute approximate surface area is 784 Å². The van der Waals surface area contributed by atoms with Gasteiger partial charge in [-0.1, -0.05) is 644 Å². The van der Waals surface area contributed by atoms with Gasteiger partial charge in [0.25, 0.3) is 0 Å². The molecule has 0 aromatic rings. The number of esters is 4. The van der Waals surface area contributed by atoms with Crippen LogP contribution in [0.4, 0.5) is 0 Å². The molecule has 0 radical (unpaired) electrons. The standard InChI is InChI=1S/C117H228O8/c1-5-9-13-17-21-25-29-33-37-41-45-49-53-57-61-65-69-73-77-81-85-89-93-97-101-105-113(118)123-110-117(109-116(121)122-108-104-100-96-92-88-84-80-76-72-68-64-60-56-52-48-44-40-36-32-28-24-20-16-12-8-4,111-124-114(119)106-102-98-94-90-86-82-78-74-70-66-62-58-54-50-46-42-38-34-30-26-22-18-14-10-6-2)112-125-115(120)107-103-99-95-91-87-83-79-75-71-67-63-59-55-51-47-43-39-35-31-27-23-19-15-11-7-3/h5-112H2,1-4H3. The van der Waals surface area contributed by atoms with E-state index >= 15 is 0 Å². The molecule has 0 heterocycles. The number of unbranched alkanes of at least 4 members (excludes halogenated alkanes) is 96. The maximum Gasteiger partial charge on any atom is 0.306 e. The largest absolute Gasteiger partial charge is 0.466 e. The van der Waals surface area contributed by atoms with E-state index in [9.17, 15) is 19.2 Å². The Balaban J connectivity index is 5.34. The SMILES string of the molecule is CCCCCCCCCCCCCCCCCCCCCCCCCCCOC(=O)CC(COC(=O)CCCCCCCCCCCCCCCCCCCCCCCCCCC)(COC(=O)CCCCCCCCCCCCCCCCCCCCCCCCCCC)COC(=O)CCCCCCCCCCCCCCCCCCCCCCCCCCC. The third-order valence-electron chi connectivity index (χ3n) is 28.1. The van der Waals surface area contributed by atoms with E-state index in [-0.39, 0.29) is 63.4 Å². The van der Waals surface area contributed by atoms with Crippen LogP contribution in [0.25, 0.3) is 0 Å². The van der Waals surface area contributed by atoms with E-state index in [0.29, 0.717) is 6.61 Å². The van der Waals surface area contributed by atoms with Crippen molar-refractivity contribution in [3.63, 3.8) is 0 Å². The molecule has 0 saturated heterocycles. The molecule has 0 aromatic heterocycles. The number of hydrogen-bond acceptors (Lipinski definition) is 8. The number of ether oxygens (including phenoxy) is 4. The van der Waals surface area contributed by atoms with Crippen LogP contribution < -0.4 is 0 Å². The van der Waals surface area contributed by atoms with Crippen LogP contribution in [0.3, 0.4) is 0 Å². The predicted octanol–water partition coefficient (Wildman–Crippen LogP) is 40.8. The van der Waals surface area contributed by atoms with Gasteiger partial charge in [0, 0.05) is 19.3 Å². The average Bonchev–Trinajstić information content (AvgIpc) is 0.845. The summed E-state index contributed by atoms with van der Waals surface area (Å²) in [5, 5.41) is 0. The fraction of sp³-hybridized carbons (Fsp3) is 0.966. The van der Waals surface area contributed by atoms with Crippen molar-refractivity contribution in [2.45, 2.75) is 695 Å². The Bertz CT molecular complexity index is 1890. The van der Waals surface area contributed by atoms with Gasteiger partial charge in [-0.3, -0.25) is 19.2 Å². The zero-order valence-electron chi connectivity index (χ0n) is 86.1. The van der Waals surface area contributed by atoms with E-state index in [1.165, 1.54) is 565 Å². The fourth-order valence-corrected chi connectivity index (χ4v) is 19.2. The summed E-state index contributed by atoms with van der Waals surface area (Å²) >= 11 is 0. The van der Waals surface area contributed by atoms with E-state index < -0.39 is 11.4 Å².